The Labute approximate surface area is 188 Å². The first-order chi connectivity index (χ1) is 15.4. The van der Waals surface area contributed by atoms with Crippen molar-refractivity contribution in [2.45, 2.75) is 33.1 Å². The van der Waals surface area contributed by atoms with Gasteiger partial charge in [-0.1, -0.05) is 16.8 Å². The fourth-order valence-electron chi connectivity index (χ4n) is 3.84. The van der Waals surface area contributed by atoms with Gasteiger partial charge < -0.3 is 13.9 Å². The Balaban J connectivity index is 1.31. The van der Waals surface area contributed by atoms with Gasteiger partial charge in [-0.2, -0.15) is 0 Å². The monoisotopic (exact) mass is 449 g/mol. The number of halogens is 1. The van der Waals surface area contributed by atoms with Crippen LogP contribution in [0.5, 0.6) is 11.5 Å². The summed E-state index contributed by atoms with van der Waals surface area (Å²) in [5.74, 6) is 1.51. The summed E-state index contributed by atoms with van der Waals surface area (Å²) in [6.07, 6.45) is 3.91. The first-order valence-electron chi connectivity index (χ1n) is 10.2. The van der Waals surface area contributed by atoms with Crippen molar-refractivity contribution in [1.29, 1.82) is 0 Å². The van der Waals surface area contributed by atoms with Gasteiger partial charge in [0.1, 0.15) is 35.5 Å². The molecule has 3 heterocycles. The van der Waals surface area contributed by atoms with Crippen LogP contribution in [0, 0.1) is 0 Å². The molecule has 162 valence electrons. The number of benzene rings is 2. The van der Waals surface area contributed by atoms with Gasteiger partial charge in [-0.25, -0.2) is 9.48 Å². The predicted octanol–water partition coefficient (Wildman–Crippen LogP) is 4.85. The standard InChI is InChI=1S/C24H20ClN3O4/c1-14-7-15(2)31-23-10-19(4-5-20(14)23)30-13-18-12-28(27-26-18)11-16-8-24(29)32-22-6-3-17(25)9-21(16)22/h3-10,12,15H,11,13H2,1-2H3. The Bertz CT molecular complexity index is 1410. The van der Waals surface area contributed by atoms with E-state index in [1.54, 1.807) is 29.1 Å². The second-order valence-electron chi connectivity index (χ2n) is 7.76. The average Bonchev–Trinajstić information content (AvgIpc) is 3.19. The number of rotatable bonds is 5. The predicted molar refractivity (Wildman–Crippen MR) is 121 cm³/mol. The van der Waals surface area contributed by atoms with Gasteiger partial charge in [-0.05, 0) is 61.4 Å². The number of hydrogen-bond donors (Lipinski definition) is 0. The Morgan fingerprint density at radius 2 is 2.06 bits per heavy atom. The van der Waals surface area contributed by atoms with E-state index in [1.165, 1.54) is 11.6 Å². The Kier molecular flexibility index (Phi) is 5.19. The summed E-state index contributed by atoms with van der Waals surface area (Å²) in [5.41, 5.74) is 3.74. The molecule has 0 amide bonds. The molecule has 1 unspecified atom stereocenters. The summed E-state index contributed by atoms with van der Waals surface area (Å²) in [5, 5.41) is 9.67. The smallest absolute Gasteiger partial charge is 0.336 e. The van der Waals surface area contributed by atoms with E-state index in [0.717, 1.165) is 22.3 Å². The highest BCUT2D eigenvalue weighted by atomic mass is 35.5. The number of hydrogen-bond acceptors (Lipinski definition) is 6. The molecule has 32 heavy (non-hydrogen) atoms. The highest BCUT2D eigenvalue weighted by Crippen LogP contribution is 2.34. The lowest BCUT2D eigenvalue weighted by Gasteiger charge is -2.22. The largest absolute Gasteiger partial charge is 0.487 e. The van der Waals surface area contributed by atoms with Gasteiger partial charge in [0.25, 0.3) is 0 Å². The quantitative estimate of drug-likeness (QED) is 0.405. The van der Waals surface area contributed by atoms with Crippen LogP contribution in [0.15, 0.2) is 63.9 Å². The summed E-state index contributed by atoms with van der Waals surface area (Å²) in [6.45, 7) is 4.69. The first kappa shape index (κ1) is 20.3. The van der Waals surface area contributed by atoms with E-state index in [9.17, 15) is 4.79 Å². The number of allylic oxidation sites excluding steroid dienone is 1. The summed E-state index contributed by atoms with van der Waals surface area (Å²) < 4.78 is 18.7. The molecule has 0 saturated heterocycles. The second-order valence-corrected chi connectivity index (χ2v) is 8.19. The van der Waals surface area contributed by atoms with E-state index in [-0.39, 0.29) is 12.7 Å². The van der Waals surface area contributed by atoms with Crippen molar-refractivity contribution in [1.82, 2.24) is 15.0 Å². The van der Waals surface area contributed by atoms with Crippen molar-refractivity contribution >= 4 is 28.1 Å². The van der Waals surface area contributed by atoms with Crippen LogP contribution in [0.2, 0.25) is 5.02 Å². The van der Waals surface area contributed by atoms with Crippen LogP contribution in [0.3, 0.4) is 0 Å². The van der Waals surface area contributed by atoms with Gasteiger partial charge in [-0.3, -0.25) is 0 Å². The third kappa shape index (κ3) is 4.11. The maximum atomic E-state index is 11.9. The third-order valence-electron chi connectivity index (χ3n) is 5.27. The molecule has 0 fully saturated rings. The molecule has 8 heteroatoms. The average molecular weight is 450 g/mol. The molecule has 0 N–H and O–H groups in total. The van der Waals surface area contributed by atoms with Crippen LogP contribution in [0.25, 0.3) is 16.5 Å². The van der Waals surface area contributed by atoms with E-state index in [4.69, 9.17) is 25.5 Å². The van der Waals surface area contributed by atoms with Crippen molar-refractivity contribution in [3.8, 4) is 11.5 Å². The minimum absolute atomic E-state index is 0.0315. The zero-order valence-electron chi connectivity index (χ0n) is 17.5. The molecule has 0 aliphatic carbocycles. The van der Waals surface area contributed by atoms with E-state index >= 15 is 0 Å². The minimum Gasteiger partial charge on any atom is -0.487 e. The highest BCUT2D eigenvalue weighted by molar-refractivity contribution is 6.31. The number of aromatic nitrogens is 3. The first-order valence-corrected chi connectivity index (χ1v) is 10.6. The lowest BCUT2D eigenvalue weighted by atomic mass is 10.0. The van der Waals surface area contributed by atoms with E-state index in [0.29, 0.717) is 28.6 Å². The zero-order chi connectivity index (χ0) is 22.2. The van der Waals surface area contributed by atoms with Crippen LogP contribution >= 0.6 is 11.6 Å². The van der Waals surface area contributed by atoms with Crippen LogP contribution in [0.1, 0.15) is 30.7 Å². The molecular formula is C24H20ClN3O4. The Hall–Kier alpha value is -3.58. The lowest BCUT2D eigenvalue weighted by Crippen LogP contribution is -2.14. The van der Waals surface area contributed by atoms with E-state index in [2.05, 4.69) is 23.3 Å². The molecule has 0 saturated carbocycles. The SMILES string of the molecule is CC1=CC(C)Oc2cc(OCc3cn(Cc4cc(=O)oc5ccc(Cl)cc45)nn3)ccc21. The summed E-state index contributed by atoms with van der Waals surface area (Å²) in [4.78, 5) is 11.9. The lowest BCUT2D eigenvalue weighted by molar-refractivity contribution is 0.259. The minimum atomic E-state index is -0.424. The maximum Gasteiger partial charge on any atom is 0.336 e. The molecule has 2 aromatic heterocycles. The Morgan fingerprint density at radius 1 is 1.19 bits per heavy atom. The van der Waals surface area contributed by atoms with Crippen molar-refractivity contribution in [2.24, 2.45) is 0 Å². The highest BCUT2D eigenvalue weighted by Gasteiger charge is 2.16. The number of nitrogens with zero attached hydrogens (tertiary/aromatic N) is 3. The van der Waals surface area contributed by atoms with Crippen LogP contribution < -0.4 is 15.1 Å². The van der Waals surface area contributed by atoms with Crippen LogP contribution in [0.4, 0.5) is 0 Å². The summed E-state index contributed by atoms with van der Waals surface area (Å²) in [6, 6.07) is 12.4. The molecule has 0 spiro atoms. The topological polar surface area (TPSA) is 79.4 Å². The van der Waals surface area contributed by atoms with Gasteiger partial charge in [0.05, 0.1) is 12.7 Å². The number of fused-ring (bicyclic) bond motifs is 2. The van der Waals surface area contributed by atoms with Crippen LogP contribution in [-0.4, -0.2) is 21.1 Å². The zero-order valence-corrected chi connectivity index (χ0v) is 18.3. The summed E-state index contributed by atoms with van der Waals surface area (Å²) >= 11 is 6.11. The van der Waals surface area contributed by atoms with Crippen molar-refractivity contribution in [2.75, 3.05) is 0 Å². The van der Waals surface area contributed by atoms with E-state index < -0.39 is 5.63 Å². The van der Waals surface area contributed by atoms with Gasteiger partial charge in [0, 0.05) is 28.1 Å². The second kappa shape index (κ2) is 8.16. The van der Waals surface area contributed by atoms with Crippen molar-refractivity contribution in [3.63, 3.8) is 0 Å². The molecule has 1 aliphatic rings. The van der Waals surface area contributed by atoms with Crippen LogP contribution in [-0.2, 0) is 13.2 Å². The Morgan fingerprint density at radius 3 is 2.94 bits per heavy atom. The van der Waals surface area contributed by atoms with Crippen molar-refractivity contribution in [3.05, 3.63) is 87.0 Å². The normalized spacial score (nSPS) is 15.2. The fraction of sp³-hybridized carbons (Fsp3) is 0.208. The molecule has 0 bridgehead atoms. The molecule has 1 aliphatic heterocycles. The third-order valence-corrected chi connectivity index (χ3v) is 5.51. The molecule has 1 atom stereocenters. The van der Waals surface area contributed by atoms with Gasteiger partial charge in [0.15, 0.2) is 0 Å². The van der Waals surface area contributed by atoms with E-state index in [1.807, 2.05) is 25.1 Å². The maximum absolute atomic E-state index is 11.9. The van der Waals surface area contributed by atoms with Gasteiger partial charge >= 0.3 is 5.63 Å². The molecule has 4 aromatic rings. The molecule has 7 nitrogen and oxygen atoms in total. The molecule has 2 aromatic carbocycles. The number of ether oxygens (including phenoxy) is 2. The van der Waals surface area contributed by atoms with Gasteiger partial charge in [0.2, 0.25) is 0 Å². The molecule has 5 rings (SSSR count). The van der Waals surface area contributed by atoms with Crippen molar-refractivity contribution < 1.29 is 13.9 Å². The molecular weight excluding hydrogens is 430 g/mol. The fourth-order valence-corrected chi connectivity index (χ4v) is 4.01. The van der Waals surface area contributed by atoms with Gasteiger partial charge in [-0.15, -0.1) is 5.10 Å². The molecule has 0 radical (unpaired) electrons. The summed E-state index contributed by atoms with van der Waals surface area (Å²) in [7, 11) is 0.